The lowest BCUT2D eigenvalue weighted by Gasteiger charge is -2.11. The molecule has 1 heterocycles. The molecule has 16 heavy (non-hydrogen) atoms. The molecule has 3 N–H and O–H groups in total. The van der Waals surface area contributed by atoms with Crippen LogP contribution in [0.3, 0.4) is 0 Å². The van der Waals surface area contributed by atoms with Crippen LogP contribution in [0.4, 0.5) is 0 Å². The molecule has 0 fully saturated rings. The number of nitrogens with zero attached hydrogens (tertiary/aromatic N) is 1. The van der Waals surface area contributed by atoms with Gasteiger partial charge in [0.2, 0.25) is 0 Å². The molecule has 1 unspecified atom stereocenters. The molecule has 88 valence electrons. The molecule has 4 heteroatoms. The Hall–Kier alpha value is -1.42. The fraction of sp³-hybridized carbons (Fsp3) is 0.500. The average Bonchev–Trinajstić information content (AvgIpc) is 2.26. The first-order valence-corrected chi connectivity index (χ1v) is 5.54. The van der Waals surface area contributed by atoms with Crippen LogP contribution in [0.5, 0.6) is 0 Å². The first-order chi connectivity index (χ1) is 7.63. The quantitative estimate of drug-likeness (QED) is 0.782. The highest BCUT2D eigenvalue weighted by atomic mass is 16.1. The summed E-state index contributed by atoms with van der Waals surface area (Å²) in [6.45, 7) is 5.27. The maximum atomic E-state index is 11.7. The number of carbonyl (C=O) groups is 1. The number of pyridine rings is 1. The molecule has 0 aliphatic rings. The van der Waals surface area contributed by atoms with Gasteiger partial charge in [-0.1, -0.05) is 6.92 Å². The fourth-order valence-corrected chi connectivity index (χ4v) is 1.44. The van der Waals surface area contributed by atoms with Gasteiger partial charge in [0.15, 0.2) is 0 Å². The average molecular weight is 221 g/mol. The third kappa shape index (κ3) is 3.98. The highest BCUT2D eigenvalue weighted by molar-refractivity contribution is 5.94. The van der Waals surface area contributed by atoms with E-state index in [2.05, 4.69) is 17.2 Å². The summed E-state index contributed by atoms with van der Waals surface area (Å²) in [6.07, 6.45) is 2.57. The summed E-state index contributed by atoms with van der Waals surface area (Å²) in [7, 11) is 0. The molecule has 0 bridgehead atoms. The molecular weight excluding hydrogens is 202 g/mol. The van der Waals surface area contributed by atoms with Crippen LogP contribution in [-0.2, 0) is 0 Å². The van der Waals surface area contributed by atoms with Crippen molar-refractivity contribution in [1.82, 2.24) is 10.3 Å². The molecule has 0 aliphatic heterocycles. The van der Waals surface area contributed by atoms with E-state index in [0.29, 0.717) is 24.6 Å². The second-order valence-electron chi connectivity index (χ2n) is 4.08. The third-order valence-electron chi connectivity index (χ3n) is 2.43. The summed E-state index contributed by atoms with van der Waals surface area (Å²) in [4.78, 5) is 15.8. The van der Waals surface area contributed by atoms with E-state index in [1.54, 1.807) is 18.3 Å². The van der Waals surface area contributed by atoms with Gasteiger partial charge in [-0.3, -0.25) is 9.78 Å². The largest absolute Gasteiger partial charge is 0.352 e. The van der Waals surface area contributed by atoms with Gasteiger partial charge in [-0.2, -0.15) is 0 Å². The second kappa shape index (κ2) is 6.23. The molecule has 0 aromatic carbocycles. The maximum Gasteiger partial charge on any atom is 0.251 e. The Balaban J connectivity index is 2.47. The molecule has 1 aromatic rings. The first-order valence-electron chi connectivity index (χ1n) is 5.54. The maximum absolute atomic E-state index is 11.7. The molecule has 4 nitrogen and oxygen atoms in total. The predicted octanol–water partition coefficient (Wildman–Crippen LogP) is 1.10. The zero-order valence-electron chi connectivity index (χ0n) is 9.86. The van der Waals surface area contributed by atoms with Crippen molar-refractivity contribution in [2.24, 2.45) is 11.7 Å². The van der Waals surface area contributed by atoms with Crippen molar-refractivity contribution in [3.8, 4) is 0 Å². The number of nitrogens with two attached hydrogens (primary N) is 1. The van der Waals surface area contributed by atoms with Gasteiger partial charge in [-0.25, -0.2) is 0 Å². The molecule has 0 spiro atoms. The van der Waals surface area contributed by atoms with E-state index >= 15 is 0 Å². The molecule has 0 saturated heterocycles. The normalized spacial score (nSPS) is 12.2. The van der Waals surface area contributed by atoms with Crippen LogP contribution in [0.15, 0.2) is 18.3 Å². The number of hydrogen-bond donors (Lipinski definition) is 2. The van der Waals surface area contributed by atoms with Gasteiger partial charge in [0.1, 0.15) is 0 Å². The first kappa shape index (κ1) is 12.6. The van der Waals surface area contributed by atoms with Crippen LogP contribution in [-0.4, -0.2) is 24.0 Å². The van der Waals surface area contributed by atoms with E-state index in [4.69, 9.17) is 5.73 Å². The van der Waals surface area contributed by atoms with E-state index in [0.717, 1.165) is 12.1 Å². The van der Waals surface area contributed by atoms with Gasteiger partial charge >= 0.3 is 0 Å². The minimum absolute atomic E-state index is 0.0469. The van der Waals surface area contributed by atoms with E-state index in [-0.39, 0.29) is 5.91 Å². The Kier molecular flexibility index (Phi) is 4.92. The summed E-state index contributed by atoms with van der Waals surface area (Å²) in [5.41, 5.74) is 6.96. The highest BCUT2D eigenvalue weighted by Crippen LogP contribution is 2.02. The van der Waals surface area contributed by atoms with E-state index in [1.165, 1.54) is 0 Å². The van der Waals surface area contributed by atoms with Gasteiger partial charge in [0, 0.05) is 24.0 Å². The number of aryl methyl sites for hydroxylation is 1. The Morgan fingerprint density at radius 3 is 3.00 bits per heavy atom. The lowest BCUT2D eigenvalue weighted by Crippen LogP contribution is -2.29. The monoisotopic (exact) mass is 221 g/mol. The van der Waals surface area contributed by atoms with E-state index in [1.807, 2.05) is 6.92 Å². The molecule has 1 aromatic heterocycles. The van der Waals surface area contributed by atoms with Gasteiger partial charge in [-0.15, -0.1) is 0 Å². The molecule has 0 saturated carbocycles. The summed E-state index contributed by atoms with van der Waals surface area (Å²) in [6, 6.07) is 3.50. The molecule has 1 rings (SSSR count). The zero-order valence-corrected chi connectivity index (χ0v) is 9.86. The van der Waals surface area contributed by atoms with Crippen LogP contribution in [0.2, 0.25) is 0 Å². The van der Waals surface area contributed by atoms with Crippen molar-refractivity contribution < 1.29 is 4.79 Å². The van der Waals surface area contributed by atoms with Crippen LogP contribution in [0.25, 0.3) is 0 Å². The van der Waals surface area contributed by atoms with Gasteiger partial charge < -0.3 is 11.1 Å². The molecule has 0 aliphatic carbocycles. The Morgan fingerprint density at radius 1 is 1.62 bits per heavy atom. The van der Waals surface area contributed by atoms with Crippen molar-refractivity contribution in [2.45, 2.75) is 20.3 Å². The number of nitrogens with one attached hydrogen (secondary N) is 1. The number of carbonyl (C=O) groups excluding carboxylic acids is 1. The molecule has 1 amide bonds. The van der Waals surface area contributed by atoms with Crippen molar-refractivity contribution in [3.63, 3.8) is 0 Å². The van der Waals surface area contributed by atoms with Gasteiger partial charge in [0.05, 0.1) is 0 Å². The van der Waals surface area contributed by atoms with Crippen LogP contribution in [0, 0.1) is 12.8 Å². The Labute approximate surface area is 96.3 Å². The summed E-state index contributed by atoms with van der Waals surface area (Å²) in [5.74, 6) is 0.367. The number of aromatic nitrogens is 1. The lowest BCUT2D eigenvalue weighted by molar-refractivity contribution is 0.0947. The number of rotatable bonds is 5. The topological polar surface area (TPSA) is 68.0 Å². The fourth-order valence-electron chi connectivity index (χ4n) is 1.44. The van der Waals surface area contributed by atoms with Crippen LogP contribution < -0.4 is 11.1 Å². The Morgan fingerprint density at radius 2 is 2.38 bits per heavy atom. The Bertz CT molecular complexity index is 352. The van der Waals surface area contributed by atoms with Crippen molar-refractivity contribution in [2.75, 3.05) is 13.1 Å². The summed E-state index contributed by atoms with van der Waals surface area (Å²) >= 11 is 0. The number of amides is 1. The summed E-state index contributed by atoms with van der Waals surface area (Å²) in [5, 5.41) is 2.89. The SMILES string of the molecule is Cc1cc(C(=O)NCC(C)CCN)ccn1. The third-order valence-corrected chi connectivity index (χ3v) is 2.43. The van der Waals surface area contributed by atoms with Crippen LogP contribution >= 0.6 is 0 Å². The lowest BCUT2D eigenvalue weighted by atomic mass is 10.1. The smallest absolute Gasteiger partial charge is 0.251 e. The predicted molar refractivity (Wildman–Crippen MR) is 64.1 cm³/mol. The minimum Gasteiger partial charge on any atom is -0.352 e. The minimum atomic E-state index is -0.0469. The molecular formula is C12H19N3O. The van der Waals surface area contributed by atoms with Crippen molar-refractivity contribution >= 4 is 5.91 Å². The van der Waals surface area contributed by atoms with Gasteiger partial charge in [0.25, 0.3) is 5.91 Å². The standard InChI is InChI=1S/C12H19N3O/c1-9(3-5-13)8-15-12(16)11-4-6-14-10(2)7-11/h4,6-7,9H,3,5,8,13H2,1-2H3,(H,15,16). The summed E-state index contributed by atoms with van der Waals surface area (Å²) < 4.78 is 0. The highest BCUT2D eigenvalue weighted by Gasteiger charge is 2.07. The van der Waals surface area contributed by atoms with Crippen molar-refractivity contribution in [3.05, 3.63) is 29.6 Å². The zero-order chi connectivity index (χ0) is 12.0. The second-order valence-corrected chi connectivity index (χ2v) is 4.08. The van der Waals surface area contributed by atoms with E-state index < -0.39 is 0 Å². The van der Waals surface area contributed by atoms with E-state index in [9.17, 15) is 4.79 Å². The van der Waals surface area contributed by atoms with Crippen LogP contribution in [0.1, 0.15) is 29.4 Å². The van der Waals surface area contributed by atoms with Gasteiger partial charge in [-0.05, 0) is 37.9 Å². The molecule has 1 atom stereocenters. The van der Waals surface area contributed by atoms with Crippen molar-refractivity contribution in [1.29, 1.82) is 0 Å². The molecule has 0 radical (unpaired) electrons. The number of hydrogen-bond acceptors (Lipinski definition) is 3.